The zero-order valence-corrected chi connectivity index (χ0v) is 11.6. The summed E-state index contributed by atoms with van der Waals surface area (Å²) >= 11 is 0.920. The standard InChI is InChI=1S/C11H13N3O5S/c1-6-3-4-9(14(18)19)10(12-6)20-5-8(11(16)17)13-7(2)15/h3-4,8H,5H2,1-2H3,(H,13,15)(H,16,17). The second-order valence-electron chi connectivity index (χ2n) is 3.94. The van der Waals surface area contributed by atoms with Gasteiger partial charge in [0.2, 0.25) is 5.91 Å². The van der Waals surface area contributed by atoms with Gasteiger partial charge in [-0.2, -0.15) is 0 Å². The maximum absolute atomic E-state index is 11.0. The molecule has 0 saturated carbocycles. The molecule has 1 unspecified atom stereocenters. The zero-order chi connectivity index (χ0) is 15.3. The van der Waals surface area contributed by atoms with Crippen molar-refractivity contribution in [1.29, 1.82) is 0 Å². The molecule has 1 rings (SSSR count). The average molecular weight is 299 g/mol. The second kappa shape index (κ2) is 6.85. The van der Waals surface area contributed by atoms with Crippen LogP contribution in [0.15, 0.2) is 17.2 Å². The van der Waals surface area contributed by atoms with Gasteiger partial charge in [0.25, 0.3) is 0 Å². The maximum Gasteiger partial charge on any atom is 0.327 e. The summed E-state index contributed by atoms with van der Waals surface area (Å²) in [4.78, 5) is 36.1. The number of carboxylic acid groups (broad SMARTS) is 1. The zero-order valence-electron chi connectivity index (χ0n) is 10.8. The van der Waals surface area contributed by atoms with Crippen molar-refractivity contribution in [1.82, 2.24) is 10.3 Å². The minimum Gasteiger partial charge on any atom is -0.480 e. The largest absolute Gasteiger partial charge is 0.480 e. The van der Waals surface area contributed by atoms with Gasteiger partial charge in [-0.3, -0.25) is 14.9 Å². The molecular weight excluding hydrogens is 286 g/mol. The van der Waals surface area contributed by atoms with Gasteiger partial charge in [0.1, 0.15) is 6.04 Å². The third-order valence-corrected chi connectivity index (χ3v) is 3.31. The summed E-state index contributed by atoms with van der Waals surface area (Å²) in [6, 6.07) is 1.70. The minimum absolute atomic E-state index is 0.0494. The molecule has 0 aliphatic carbocycles. The molecule has 0 saturated heterocycles. The van der Waals surface area contributed by atoms with Gasteiger partial charge in [-0.05, 0) is 13.0 Å². The lowest BCUT2D eigenvalue weighted by Gasteiger charge is -2.12. The van der Waals surface area contributed by atoms with Crippen molar-refractivity contribution in [2.24, 2.45) is 0 Å². The molecule has 9 heteroatoms. The Hall–Kier alpha value is -2.16. The van der Waals surface area contributed by atoms with Gasteiger partial charge in [-0.25, -0.2) is 9.78 Å². The van der Waals surface area contributed by atoms with E-state index in [4.69, 9.17) is 5.11 Å². The summed E-state index contributed by atoms with van der Waals surface area (Å²) in [6.45, 7) is 2.88. The summed E-state index contributed by atoms with van der Waals surface area (Å²) in [5, 5.41) is 22.2. The number of aliphatic carboxylic acids is 1. The van der Waals surface area contributed by atoms with Crippen molar-refractivity contribution in [2.75, 3.05) is 5.75 Å². The summed E-state index contributed by atoms with van der Waals surface area (Å²) in [7, 11) is 0. The number of thioether (sulfide) groups is 1. The predicted octanol–water partition coefficient (Wildman–Crippen LogP) is 0.980. The van der Waals surface area contributed by atoms with Crippen LogP contribution >= 0.6 is 11.8 Å². The highest BCUT2D eigenvalue weighted by Crippen LogP contribution is 2.27. The lowest BCUT2D eigenvalue weighted by molar-refractivity contribution is -0.388. The molecule has 0 radical (unpaired) electrons. The molecule has 0 spiro atoms. The molecule has 1 atom stereocenters. The third-order valence-electron chi connectivity index (χ3n) is 2.24. The number of carbonyl (C=O) groups is 2. The highest BCUT2D eigenvalue weighted by molar-refractivity contribution is 7.99. The van der Waals surface area contributed by atoms with Gasteiger partial charge in [0.05, 0.1) is 4.92 Å². The van der Waals surface area contributed by atoms with Crippen LogP contribution in [0.25, 0.3) is 0 Å². The normalized spacial score (nSPS) is 11.7. The van der Waals surface area contributed by atoms with E-state index in [1.165, 1.54) is 19.1 Å². The van der Waals surface area contributed by atoms with E-state index in [9.17, 15) is 19.7 Å². The van der Waals surface area contributed by atoms with Crippen LogP contribution in [0.4, 0.5) is 5.69 Å². The summed E-state index contributed by atoms with van der Waals surface area (Å²) in [5.41, 5.74) is 0.400. The Balaban J connectivity index is 2.87. The smallest absolute Gasteiger partial charge is 0.327 e. The molecule has 1 amide bonds. The number of rotatable bonds is 6. The van der Waals surface area contributed by atoms with Gasteiger partial charge in [-0.1, -0.05) is 11.8 Å². The monoisotopic (exact) mass is 299 g/mol. The van der Waals surface area contributed by atoms with Crippen LogP contribution in [0.3, 0.4) is 0 Å². The topological polar surface area (TPSA) is 122 Å². The molecular formula is C11H13N3O5S. The van der Waals surface area contributed by atoms with Crippen molar-refractivity contribution in [3.63, 3.8) is 0 Å². The van der Waals surface area contributed by atoms with E-state index in [0.717, 1.165) is 11.8 Å². The molecule has 2 N–H and O–H groups in total. The number of amides is 1. The van der Waals surface area contributed by atoms with Crippen molar-refractivity contribution in [2.45, 2.75) is 24.9 Å². The molecule has 8 nitrogen and oxygen atoms in total. The fraction of sp³-hybridized carbons (Fsp3) is 0.364. The molecule has 1 aromatic rings. The number of nitro groups is 1. The SMILES string of the molecule is CC(=O)NC(CSc1nc(C)ccc1[N+](=O)[O-])C(=O)O. The van der Waals surface area contributed by atoms with Crippen LogP contribution in [-0.2, 0) is 9.59 Å². The van der Waals surface area contributed by atoms with E-state index in [1.807, 2.05) is 0 Å². The van der Waals surface area contributed by atoms with Crippen LogP contribution in [-0.4, -0.2) is 38.7 Å². The van der Waals surface area contributed by atoms with Crippen LogP contribution in [0.1, 0.15) is 12.6 Å². The van der Waals surface area contributed by atoms with Crippen molar-refractivity contribution in [3.8, 4) is 0 Å². The second-order valence-corrected chi connectivity index (χ2v) is 4.95. The maximum atomic E-state index is 11.0. The summed E-state index contributed by atoms with van der Waals surface area (Å²) in [6.07, 6.45) is 0. The van der Waals surface area contributed by atoms with Gasteiger partial charge in [0, 0.05) is 24.4 Å². The Morgan fingerprint density at radius 3 is 2.70 bits per heavy atom. The van der Waals surface area contributed by atoms with E-state index in [0.29, 0.717) is 5.69 Å². The highest BCUT2D eigenvalue weighted by atomic mass is 32.2. The number of nitrogens with zero attached hydrogens (tertiary/aromatic N) is 2. The fourth-order valence-corrected chi connectivity index (χ4v) is 2.40. The Morgan fingerprint density at radius 2 is 2.20 bits per heavy atom. The van der Waals surface area contributed by atoms with Crippen LogP contribution in [0.2, 0.25) is 0 Å². The first kappa shape index (κ1) is 15.9. The van der Waals surface area contributed by atoms with Gasteiger partial charge >= 0.3 is 11.7 Å². The number of hydrogen-bond acceptors (Lipinski definition) is 6. The number of hydrogen-bond donors (Lipinski definition) is 2. The lowest BCUT2D eigenvalue weighted by atomic mass is 10.3. The minimum atomic E-state index is -1.21. The Morgan fingerprint density at radius 1 is 1.55 bits per heavy atom. The first-order chi connectivity index (χ1) is 9.31. The molecule has 108 valence electrons. The number of nitrogens with one attached hydrogen (secondary N) is 1. The van der Waals surface area contributed by atoms with Crippen LogP contribution < -0.4 is 5.32 Å². The van der Waals surface area contributed by atoms with Crippen LogP contribution in [0.5, 0.6) is 0 Å². The summed E-state index contributed by atoms with van der Waals surface area (Å²) in [5.74, 6) is -1.74. The van der Waals surface area contributed by atoms with E-state index in [1.54, 1.807) is 6.92 Å². The number of carbonyl (C=O) groups excluding carboxylic acids is 1. The van der Waals surface area contributed by atoms with Crippen LogP contribution in [0, 0.1) is 17.0 Å². The highest BCUT2D eigenvalue weighted by Gasteiger charge is 2.22. The van der Waals surface area contributed by atoms with Crippen molar-refractivity contribution < 1.29 is 19.6 Å². The van der Waals surface area contributed by atoms with Gasteiger partial charge < -0.3 is 10.4 Å². The number of aromatic nitrogens is 1. The third kappa shape index (κ3) is 4.50. The molecule has 0 aromatic carbocycles. The number of pyridine rings is 1. The van der Waals surface area contributed by atoms with Gasteiger partial charge in [-0.15, -0.1) is 0 Å². The quantitative estimate of drug-likeness (QED) is 0.456. The molecule has 20 heavy (non-hydrogen) atoms. The molecule has 0 aliphatic heterocycles. The Kier molecular flexibility index (Phi) is 5.44. The van der Waals surface area contributed by atoms with E-state index < -0.39 is 22.8 Å². The Bertz CT molecular complexity index is 549. The average Bonchev–Trinajstić information content (AvgIpc) is 2.33. The fourth-order valence-electron chi connectivity index (χ4n) is 1.35. The van der Waals surface area contributed by atoms with E-state index in [-0.39, 0.29) is 16.5 Å². The van der Waals surface area contributed by atoms with Crippen molar-refractivity contribution >= 4 is 29.3 Å². The van der Waals surface area contributed by atoms with E-state index >= 15 is 0 Å². The molecule has 1 heterocycles. The number of aryl methyl sites for hydroxylation is 1. The van der Waals surface area contributed by atoms with Crippen molar-refractivity contribution in [3.05, 3.63) is 27.9 Å². The molecule has 0 aliphatic rings. The van der Waals surface area contributed by atoms with Gasteiger partial charge in [0.15, 0.2) is 5.03 Å². The first-order valence-electron chi connectivity index (χ1n) is 5.56. The lowest BCUT2D eigenvalue weighted by Crippen LogP contribution is -2.41. The first-order valence-corrected chi connectivity index (χ1v) is 6.54. The molecule has 0 bridgehead atoms. The Labute approximate surface area is 118 Å². The van der Waals surface area contributed by atoms with E-state index in [2.05, 4.69) is 10.3 Å². The molecule has 0 fully saturated rings. The number of carboxylic acids is 1. The predicted molar refractivity (Wildman–Crippen MR) is 71.6 cm³/mol. The molecule has 1 aromatic heterocycles. The summed E-state index contributed by atoms with van der Waals surface area (Å²) < 4.78 is 0.